The van der Waals surface area contributed by atoms with Crippen molar-refractivity contribution in [3.05, 3.63) is 52.8 Å². The van der Waals surface area contributed by atoms with Crippen molar-refractivity contribution in [2.75, 3.05) is 13.6 Å². The summed E-state index contributed by atoms with van der Waals surface area (Å²) < 4.78 is 2.15. The van der Waals surface area contributed by atoms with Crippen molar-refractivity contribution in [2.24, 2.45) is 0 Å². The Hall–Kier alpha value is -1.61. The summed E-state index contributed by atoms with van der Waals surface area (Å²) in [7, 11) is 1.99. The average molecular weight is 257 g/mol. The number of aromatic nitrogens is 2. The molecule has 2 rings (SSSR count). The number of benzene rings is 1. The first-order valence-electron chi connectivity index (χ1n) is 6.93. The highest BCUT2D eigenvalue weighted by Crippen LogP contribution is 2.14. The monoisotopic (exact) mass is 257 g/mol. The van der Waals surface area contributed by atoms with Gasteiger partial charge < -0.3 is 5.32 Å². The summed E-state index contributed by atoms with van der Waals surface area (Å²) in [5, 5.41) is 7.87. The Balaban J connectivity index is 2.05. The van der Waals surface area contributed by atoms with Crippen LogP contribution in [0.3, 0.4) is 0 Å². The van der Waals surface area contributed by atoms with Crippen LogP contribution in [-0.4, -0.2) is 23.4 Å². The summed E-state index contributed by atoms with van der Waals surface area (Å²) in [5.41, 5.74) is 5.23. The fourth-order valence-electron chi connectivity index (χ4n) is 2.44. The molecular formula is C16H23N3. The van der Waals surface area contributed by atoms with Crippen LogP contribution in [0.15, 0.2) is 30.3 Å². The maximum atomic E-state index is 4.67. The molecule has 0 unspecified atom stereocenters. The lowest BCUT2D eigenvalue weighted by Crippen LogP contribution is -2.11. The van der Waals surface area contributed by atoms with Crippen molar-refractivity contribution in [1.82, 2.24) is 15.1 Å². The van der Waals surface area contributed by atoms with Crippen LogP contribution in [0, 0.1) is 13.8 Å². The van der Waals surface area contributed by atoms with Crippen LogP contribution in [0.1, 0.15) is 22.5 Å². The number of rotatable bonds is 6. The minimum absolute atomic E-state index is 0.955. The molecule has 1 N–H and O–H groups in total. The third-order valence-corrected chi connectivity index (χ3v) is 3.61. The maximum absolute atomic E-state index is 4.67. The molecule has 1 heterocycles. The van der Waals surface area contributed by atoms with Crippen molar-refractivity contribution in [3.63, 3.8) is 0 Å². The van der Waals surface area contributed by atoms with E-state index in [4.69, 9.17) is 0 Å². The van der Waals surface area contributed by atoms with Crippen LogP contribution in [0.5, 0.6) is 0 Å². The molecule has 0 bridgehead atoms. The van der Waals surface area contributed by atoms with E-state index < -0.39 is 0 Å². The normalized spacial score (nSPS) is 10.9. The molecule has 0 aliphatic rings. The van der Waals surface area contributed by atoms with Gasteiger partial charge >= 0.3 is 0 Å². The lowest BCUT2D eigenvalue weighted by Gasteiger charge is -2.06. The minimum Gasteiger partial charge on any atom is -0.319 e. The Morgan fingerprint density at radius 3 is 2.53 bits per heavy atom. The molecule has 0 saturated carbocycles. The van der Waals surface area contributed by atoms with Gasteiger partial charge in [-0.2, -0.15) is 5.10 Å². The lowest BCUT2D eigenvalue weighted by atomic mass is 10.1. The Morgan fingerprint density at radius 2 is 1.84 bits per heavy atom. The predicted octanol–water partition coefficient (Wildman–Crippen LogP) is 2.50. The molecule has 3 nitrogen and oxygen atoms in total. The first kappa shape index (κ1) is 13.8. The summed E-state index contributed by atoms with van der Waals surface area (Å²) in [4.78, 5) is 0. The van der Waals surface area contributed by atoms with Crippen molar-refractivity contribution in [3.8, 4) is 0 Å². The van der Waals surface area contributed by atoms with Crippen LogP contribution in [-0.2, 0) is 19.4 Å². The molecule has 0 fully saturated rings. The van der Waals surface area contributed by atoms with Gasteiger partial charge in [-0.05, 0) is 51.4 Å². The summed E-state index contributed by atoms with van der Waals surface area (Å²) in [6.45, 7) is 6.25. The van der Waals surface area contributed by atoms with Crippen LogP contribution >= 0.6 is 0 Å². The van der Waals surface area contributed by atoms with Gasteiger partial charge in [0.2, 0.25) is 0 Å². The van der Waals surface area contributed by atoms with E-state index in [9.17, 15) is 0 Å². The number of likely N-dealkylation sites (N-methyl/N-ethyl adjacent to an activating group) is 1. The van der Waals surface area contributed by atoms with Gasteiger partial charge in [-0.1, -0.05) is 30.3 Å². The Kier molecular flexibility index (Phi) is 4.74. The van der Waals surface area contributed by atoms with E-state index in [1.165, 1.54) is 22.5 Å². The van der Waals surface area contributed by atoms with E-state index >= 15 is 0 Å². The van der Waals surface area contributed by atoms with Crippen molar-refractivity contribution >= 4 is 0 Å². The molecule has 1 aromatic carbocycles. The highest BCUT2D eigenvalue weighted by Gasteiger charge is 2.10. The van der Waals surface area contributed by atoms with Crippen molar-refractivity contribution in [1.29, 1.82) is 0 Å². The third kappa shape index (κ3) is 3.44. The molecule has 1 aromatic heterocycles. The zero-order valence-electron chi connectivity index (χ0n) is 12.1. The predicted molar refractivity (Wildman–Crippen MR) is 79.5 cm³/mol. The van der Waals surface area contributed by atoms with E-state index in [1.807, 2.05) is 7.05 Å². The summed E-state index contributed by atoms with van der Waals surface area (Å²) in [5.74, 6) is 0. The molecule has 0 radical (unpaired) electrons. The van der Waals surface area contributed by atoms with Gasteiger partial charge in [-0.25, -0.2) is 0 Å². The number of nitrogens with one attached hydrogen (secondary N) is 1. The van der Waals surface area contributed by atoms with Crippen LogP contribution < -0.4 is 5.32 Å². The van der Waals surface area contributed by atoms with Crippen LogP contribution in [0.25, 0.3) is 0 Å². The summed E-state index contributed by atoms with van der Waals surface area (Å²) in [6.07, 6.45) is 2.09. The van der Waals surface area contributed by atoms with Crippen LogP contribution in [0.4, 0.5) is 0 Å². The fraction of sp³-hybridized carbons (Fsp3) is 0.438. The van der Waals surface area contributed by atoms with Gasteiger partial charge in [-0.15, -0.1) is 0 Å². The summed E-state index contributed by atoms with van der Waals surface area (Å²) >= 11 is 0. The maximum Gasteiger partial charge on any atom is 0.0628 e. The topological polar surface area (TPSA) is 29.9 Å². The molecule has 0 atom stereocenters. The van der Waals surface area contributed by atoms with E-state index in [-0.39, 0.29) is 0 Å². The second-order valence-corrected chi connectivity index (χ2v) is 4.96. The largest absolute Gasteiger partial charge is 0.319 e. The van der Waals surface area contributed by atoms with Crippen molar-refractivity contribution in [2.45, 2.75) is 33.2 Å². The quantitative estimate of drug-likeness (QED) is 0.861. The van der Waals surface area contributed by atoms with E-state index in [2.05, 4.69) is 59.3 Å². The Bertz CT molecular complexity index is 514. The zero-order chi connectivity index (χ0) is 13.7. The molecule has 0 amide bonds. The van der Waals surface area contributed by atoms with Crippen LogP contribution in [0.2, 0.25) is 0 Å². The highest BCUT2D eigenvalue weighted by molar-refractivity contribution is 5.25. The highest BCUT2D eigenvalue weighted by atomic mass is 15.3. The standard InChI is InChI=1S/C16H23N3/c1-13-16(9-11-17-3)14(2)19(18-13)12-10-15-7-5-4-6-8-15/h4-8,17H,9-12H2,1-3H3. The Morgan fingerprint density at radius 1 is 1.11 bits per heavy atom. The second-order valence-electron chi connectivity index (χ2n) is 4.96. The van der Waals surface area contributed by atoms with E-state index in [0.29, 0.717) is 0 Å². The fourth-order valence-corrected chi connectivity index (χ4v) is 2.44. The molecule has 3 heteroatoms. The van der Waals surface area contributed by atoms with Gasteiger partial charge in [0.05, 0.1) is 5.69 Å². The lowest BCUT2D eigenvalue weighted by molar-refractivity contribution is 0.593. The molecule has 2 aromatic rings. The molecule has 0 aliphatic carbocycles. The number of hydrogen-bond acceptors (Lipinski definition) is 2. The first-order valence-corrected chi connectivity index (χ1v) is 6.93. The average Bonchev–Trinajstić information content (AvgIpc) is 2.70. The molecule has 19 heavy (non-hydrogen) atoms. The van der Waals surface area contributed by atoms with E-state index in [0.717, 1.165) is 25.9 Å². The smallest absolute Gasteiger partial charge is 0.0628 e. The van der Waals surface area contributed by atoms with Gasteiger partial charge in [0, 0.05) is 12.2 Å². The second kappa shape index (κ2) is 6.53. The SMILES string of the molecule is CNCCc1c(C)nn(CCc2ccccc2)c1C. The summed E-state index contributed by atoms with van der Waals surface area (Å²) in [6, 6.07) is 10.6. The van der Waals surface area contributed by atoms with Gasteiger partial charge in [0.1, 0.15) is 0 Å². The zero-order valence-corrected chi connectivity index (χ0v) is 12.1. The molecule has 0 aliphatic heterocycles. The molecule has 102 valence electrons. The number of aryl methyl sites for hydroxylation is 3. The van der Waals surface area contributed by atoms with Gasteiger partial charge in [0.25, 0.3) is 0 Å². The van der Waals surface area contributed by atoms with E-state index in [1.54, 1.807) is 0 Å². The third-order valence-electron chi connectivity index (χ3n) is 3.61. The van der Waals surface area contributed by atoms with Crippen molar-refractivity contribution < 1.29 is 0 Å². The Labute approximate surface area is 115 Å². The van der Waals surface area contributed by atoms with Gasteiger partial charge in [0.15, 0.2) is 0 Å². The minimum atomic E-state index is 0.955. The molecule has 0 saturated heterocycles. The number of nitrogens with zero attached hydrogens (tertiary/aromatic N) is 2. The first-order chi connectivity index (χ1) is 9.22. The molecular weight excluding hydrogens is 234 g/mol. The number of hydrogen-bond donors (Lipinski definition) is 1. The molecule has 0 spiro atoms. The van der Waals surface area contributed by atoms with Gasteiger partial charge in [-0.3, -0.25) is 4.68 Å².